The summed E-state index contributed by atoms with van der Waals surface area (Å²) in [4.78, 5) is 22.7. The average Bonchev–Trinajstić information content (AvgIpc) is 2.78. The fourth-order valence-electron chi connectivity index (χ4n) is 2.18. The number of benzene rings is 1. The Morgan fingerprint density at radius 3 is 2.55 bits per heavy atom. The van der Waals surface area contributed by atoms with E-state index in [2.05, 4.69) is 0 Å². The Morgan fingerprint density at radius 1 is 1.36 bits per heavy atom. The number of nitro groups is 1. The Labute approximate surface area is 137 Å². The molecule has 0 aliphatic heterocycles. The molecule has 2 rings (SSSR count). The van der Waals surface area contributed by atoms with Gasteiger partial charge in [0.05, 0.1) is 6.61 Å². The lowest BCUT2D eigenvalue weighted by Gasteiger charge is -2.00. The Hall–Kier alpha value is -2.06. The van der Waals surface area contributed by atoms with Gasteiger partial charge in [-0.3, -0.25) is 4.79 Å². The van der Waals surface area contributed by atoms with Gasteiger partial charge in [-0.1, -0.05) is 30.3 Å². The number of rotatable bonds is 6. The van der Waals surface area contributed by atoms with E-state index in [1.165, 1.54) is 15.3 Å². The summed E-state index contributed by atoms with van der Waals surface area (Å²) in [6.45, 7) is 1.62. The zero-order valence-corrected chi connectivity index (χ0v) is 13.6. The summed E-state index contributed by atoms with van der Waals surface area (Å²) in [5, 5.41) is 20.0. The van der Waals surface area contributed by atoms with Crippen LogP contribution in [0.4, 0.5) is 5.82 Å². The number of carbonyl (C=O) groups is 1. The quantitative estimate of drug-likeness (QED) is 0.272. The monoisotopic (exact) mass is 369 g/mol. The average molecular weight is 370 g/mol. The molecule has 8 heteroatoms. The van der Waals surface area contributed by atoms with E-state index < -0.39 is 4.92 Å². The summed E-state index contributed by atoms with van der Waals surface area (Å²) in [6, 6.07) is 8.76. The number of hydrogen-bond acceptors (Lipinski definition) is 4. The number of aromatic nitrogens is 2. The molecule has 118 valence electrons. The maximum absolute atomic E-state index is 12.2. The third-order valence-corrected chi connectivity index (χ3v) is 3.27. The first-order valence-corrected chi connectivity index (χ1v) is 6.47. The number of hydrogen-bond donors (Lipinski definition) is 1. The molecule has 0 atom stereocenters. The van der Waals surface area contributed by atoms with Gasteiger partial charge in [0.25, 0.3) is 5.82 Å². The van der Waals surface area contributed by atoms with Gasteiger partial charge in [-0.15, -0.1) is 0 Å². The second kappa shape index (κ2) is 7.81. The van der Waals surface area contributed by atoms with E-state index in [0.717, 1.165) is 0 Å². The Kier molecular flexibility index (Phi) is 6.39. The minimum atomic E-state index is -0.522. The van der Waals surface area contributed by atoms with Gasteiger partial charge in [-0.25, -0.2) is 4.57 Å². The summed E-state index contributed by atoms with van der Waals surface area (Å²) >= 11 is 0. The van der Waals surface area contributed by atoms with E-state index in [1.807, 2.05) is 6.07 Å². The van der Waals surface area contributed by atoms with Gasteiger partial charge in [0, 0.05) is 12.5 Å². The molecule has 0 spiro atoms. The molecule has 0 radical (unpaired) electrons. The molecule has 0 aliphatic rings. The maximum atomic E-state index is 12.2. The smallest absolute Gasteiger partial charge is 0.365 e. The number of nitrogens with zero attached hydrogens (tertiary/aromatic N) is 3. The highest BCUT2D eigenvalue weighted by Gasteiger charge is 2.25. The van der Waals surface area contributed by atoms with Gasteiger partial charge in [0.2, 0.25) is 5.78 Å². The molecule has 0 bridgehead atoms. The van der Waals surface area contributed by atoms with E-state index in [-0.39, 0.29) is 48.3 Å². The van der Waals surface area contributed by atoms with E-state index >= 15 is 0 Å². The Balaban J connectivity index is 0.00000242. The predicted molar refractivity (Wildman–Crippen MR) is 73.9 cm³/mol. The highest BCUT2D eigenvalue weighted by atomic mass is 79.9. The van der Waals surface area contributed by atoms with E-state index in [9.17, 15) is 14.9 Å². The highest BCUT2D eigenvalue weighted by Crippen LogP contribution is 2.12. The number of ketones is 1. The van der Waals surface area contributed by atoms with Crippen molar-refractivity contribution in [2.24, 2.45) is 0 Å². The van der Waals surface area contributed by atoms with Crippen LogP contribution in [0.15, 0.2) is 36.5 Å². The van der Waals surface area contributed by atoms with Gasteiger partial charge in [-0.2, -0.15) is 4.57 Å². The zero-order valence-electron chi connectivity index (χ0n) is 12.0. The molecule has 0 saturated heterocycles. The lowest BCUT2D eigenvalue weighted by molar-refractivity contribution is -0.689. The van der Waals surface area contributed by atoms with Crippen LogP contribution in [0.2, 0.25) is 0 Å². The summed E-state index contributed by atoms with van der Waals surface area (Å²) in [7, 11) is 0. The van der Waals surface area contributed by atoms with Crippen molar-refractivity contribution in [2.75, 3.05) is 6.61 Å². The van der Waals surface area contributed by atoms with Crippen molar-refractivity contribution < 1.29 is 36.4 Å². The van der Waals surface area contributed by atoms with Gasteiger partial charge in [0.15, 0.2) is 12.7 Å². The van der Waals surface area contributed by atoms with Crippen molar-refractivity contribution in [3.63, 3.8) is 0 Å². The number of imidazole rings is 1. The first-order chi connectivity index (χ1) is 10.0. The molecular weight excluding hydrogens is 354 g/mol. The van der Waals surface area contributed by atoms with E-state index in [0.29, 0.717) is 11.4 Å². The van der Waals surface area contributed by atoms with Crippen LogP contribution >= 0.6 is 0 Å². The molecule has 7 nitrogen and oxygen atoms in total. The molecule has 1 heterocycles. The van der Waals surface area contributed by atoms with E-state index in [1.54, 1.807) is 31.2 Å². The second-order valence-electron chi connectivity index (χ2n) is 4.58. The molecule has 0 saturated carbocycles. The first-order valence-electron chi connectivity index (χ1n) is 6.47. The van der Waals surface area contributed by atoms with E-state index in [4.69, 9.17) is 5.11 Å². The molecule has 0 unspecified atom stereocenters. The fourth-order valence-corrected chi connectivity index (χ4v) is 2.18. The van der Waals surface area contributed by atoms with Crippen molar-refractivity contribution in [2.45, 2.75) is 20.0 Å². The summed E-state index contributed by atoms with van der Waals surface area (Å²) < 4.78 is 2.92. The molecule has 0 amide bonds. The topological polar surface area (TPSA) is 89.2 Å². The minimum Gasteiger partial charge on any atom is -1.00 e. The van der Waals surface area contributed by atoms with Crippen LogP contribution in [0.1, 0.15) is 16.2 Å². The third-order valence-electron chi connectivity index (χ3n) is 3.27. The lowest BCUT2D eigenvalue weighted by atomic mass is 10.1. The number of Topliss-reactive ketones (excluding diaryl/α,β-unsaturated/α-hetero) is 1. The molecule has 1 N–H and O–H groups in total. The van der Waals surface area contributed by atoms with Crippen LogP contribution in [0.25, 0.3) is 0 Å². The largest absolute Gasteiger partial charge is 1.00 e. The normalized spacial score (nSPS) is 10.1. The molecule has 22 heavy (non-hydrogen) atoms. The number of aliphatic hydroxyl groups excluding tert-OH is 1. The second-order valence-corrected chi connectivity index (χ2v) is 4.58. The van der Waals surface area contributed by atoms with Gasteiger partial charge >= 0.3 is 5.82 Å². The first kappa shape index (κ1) is 18.0. The third kappa shape index (κ3) is 3.77. The van der Waals surface area contributed by atoms with Crippen LogP contribution in [-0.4, -0.2) is 27.0 Å². The lowest BCUT2D eigenvalue weighted by Crippen LogP contribution is -3.00. The SMILES string of the molecule is Cc1n(CCO)c([N+](=O)[O-])c[n+]1CC(=O)c1ccccc1.[Br-]. The molecule has 1 aromatic carbocycles. The number of aliphatic hydroxyl groups is 1. The predicted octanol–water partition coefficient (Wildman–Crippen LogP) is -2.13. The zero-order chi connectivity index (χ0) is 15.4. The van der Waals surface area contributed by atoms with Crippen molar-refractivity contribution in [3.05, 3.63) is 58.0 Å². The molecule has 1 aromatic heterocycles. The highest BCUT2D eigenvalue weighted by molar-refractivity contribution is 5.94. The van der Waals surface area contributed by atoms with Crippen LogP contribution in [-0.2, 0) is 13.1 Å². The van der Waals surface area contributed by atoms with Crippen molar-refractivity contribution in [1.29, 1.82) is 0 Å². The fraction of sp³-hybridized carbons (Fsp3) is 0.286. The van der Waals surface area contributed by atoms with Crippen molar-refractivity contribution in [1.82, 2.24) is 4.57 Å². The van der Waals surface area contributed by atoms with Crippen molar-refractivity contribution in [3.8, 4) is 0 Å². The Bertz CT molecular complexity index is 670. The van der Waals surface area contributed by atoms with Gasteiger partial charge < -0.3 is 32.2 Å². The number of carbonyl (C=O) groups excluding carboxylic acids is 1. The van der Waals surface area contributed by atoms with Gasteiger partial charge in [-0.05, 0) is 4.92 Å². The van der Waals surface area contributed by atoms with Crippen LogP contribution < -0.4 is 21.5 Å². The van der Waals surface area contributed by atoms with Crippen molar-refractivity contribution >= 4 is 11.6 Å². The molecule has 0 fully saturated rings. The van der Waals surface area contributed by atoms with Gasteiger partial charge in [0.1, 0.15) is 6.54 Å². The molecule has 0 aliphatic carbocycles. The summed E-state index contributed by atoms with van der Waals surface area (Å²) in [5.74, 6) is 0.294. The minimum absolute atomic E-state index is 0. The molecular formula is C14H16BrN3O4. The van der Waals surface area contributed by atoms with Crippen LogP contribution in [0.5, 0.6) is 0 Å². The Morgan fingerprint density at radius 2 is 2.00 bits per heavy atom. The van der Waals surface area contributed by atoms with Crippen LogP contribution in [0.3, 0.4) is 0 Å². The molecule has 2 aromatic rings. The number of halogens is 1. The summed E-state index contributed by atoms with van der Waals surface area (Å²) in [6.07, 6.45) is 1.33. The van der Waals surface area contributed by atoms with Crippen LogP contribution in [0, 0.1) is 17.0 Å². The maximum Gasteiger partial charge on any atom is 0.365 e. The summed E-state index contributed by atoms with van der Waals surface area (Å²) in [5.41, 5.74) is 0.557. The standard InChI is InChI=1S/C14H16N3O4.BrH/c1-11-15(9-13(19)12-5-3-2-4-6-12)10-14(17(20)21)16(11)7-8-18;/h2-6,10,18H,7-9H2,1H3;1H/q+1;/p-1.